The van der Waals surface area contributed by atoms with Gasteiger partial charge in [-0.05, 0) is 71.2 Å². The molecule has 2 aliphatic rings. The molecule has 0 bridgehead atoms. The van der Waals surface area contributed by atoms with Crippen molar-refractivity contribution in [2.24, 2.45) is 0 Å². The van der Waals surface area contributed by atoms with E-state index in [1.165, 1.54) is 24.9 Å². The van der Waals surface area contributed by atoms with E-state index in [4.69, 9.17) is 4.98 Å². The van der Waals surface area contributed by atoms with Crippen LogP contribution >= 0.6 is 0 Å². The summed E-state index contributed by atoms with van der Waals surface area (Å²) in [6.07, 6.45) is 4.36. The molecular weight excluding hydrogens is 800 g/mol. The summed E-state index contributed by atoms with van der Waals surface area (Å²) in [5.74, 6) is 1.93. The molecule has 49 heavy (non-hydrogen) atoms. The van der Waals surface area contributed by atoms with Gasteiger partial charge < -0.3 is 26.4 Å². The third-order valence-electron chi connectivity index (χ3n) is 9.32. The molecule has 1 aromatic carbocycles. The number of allylic oxidation sites excluding steroid dienone is 4. The van der Waals surface area contributed by atoms with Gasteiger partial charge in [0.25, 0.3) is 0 Å². The van der Waals surface area contributed by atoms with Crippen LogP contribution in [0.4, 0.5) is 34.8 Å². The summed E-state index contributed by atoms with van der Waals surface area (Å²) in [5, 5.41) is 5.83. The van der Waals surface area contributed by atoms with Gasteiger partial charge in [0.05, 0.1) is 16.9 Å². The summed E-state index contributed by atoms with van der Waals surface area (Å²) in [4.78, 5) is 11.3. The normalized spacial score (nSPS) is 19.7. The summed E-state index contributed by atoms with van der Waals surface area (Å²) in [6.45, 7) is 20.7. The third-order valence-corrected chi connectivity index (χ3v) is 9.32. The van der Waals surface area contributed by atoms with Crippen LogP contribution in [0.15, 0.2) is 91.0 Å². The Kier molecular flexibility index (Phi) is 14.3. The van der Waals surface area contributed by atoms with Crippen LogP contribution in [0.25, 0.3) is 11.1 Å². The van der Waals surface area contributed by atoms with E-state index in [2.05, 4.69) is 72.9 Å². The van der Waals surface area contributed by atoms with Gasteiger partial charge >= 0.3 is 6.18 Å². The molecule has 2 aromatic rings. The van der Waals surface area contributed by atoms with E-state index in [0.717, 1.165) is 56.7 Å². The van der Waals surface area contributed by atoms with Crippen LogP contribution < -0.4 is 20.4 Å². The van der Waals surface area contributed by atoms with Gasteiger partial charge in [-0.3, -0.25) is 4.90 Å². The summed E-state index contributed by atoms with van der Waals surface area (Å²) in [6, 6.07) is 7.20. The van der Waals surface area contributed by atoms with Crippen LogP contribution in [-0.2, 0) is 21.1 Å². The summed E-state index contributed by atoms with van der Waals surface area (Å²) in [7, 11) is 3.57. The van der Waals surface area contributed by atoms with Gasteiger partial charge in [0, 0.05) is 88.1 Å². The molecule has 0 spiro atoms. The molecule has 1 aromatic heterocycles. The number of benzene rings is 1. The molecule has 266 valence electrons. The molecule has 2 fully saturated rings. The van der Waals surface area contributed by atoms with Crippen LogP contribution in [0.3, 0.4) is 0 Å². The van der Waals surface area contributed by atoms with Gasteiger partial charge in [0.15, 0.2) is 0 Å². The number of piperazine rings is 1. The fourth-order valence-electron chi connectivity index (χ4n) is 6.33. The summed E-state index contributed by atoms with van der Waals surface area (Å²) < 4.78 is 58.4. The number of nitrogens with one attached hydrogen (secondary N) is 2. The molecule has 2 N–H and O–H groups in total. The Morgan fingerprint density at radius 2 is 1.73 bits per heavy atom. The van der Waals surface area contributed by atoms with Crippen LogP contribution in [0.1, 0.15) is 46.5 Å². The van der Waals surface area contributed by atoms with Gasteiger partial charge in [0.2, 0.25) is 0 Å². The van der Waals surface area contributed by atoms with Crippen LogP contribution in [0, 0.1) is 11.7 Å². The summed E-state index contributed by atoms with van der Waals surface area (Å²) in [5.41, 5.74) is 1.95. The first kappa shape index (κ1) is 40.1. The molecule has 3 heterocycles. The number of piperidine rings is 1. The fraction of sp³-hybridized carbons (Fsp3) is 0.421. The smallest absolute Gasteiger partial charge is 0.393 e. The van der Waals surface area contributed by atoms with Crippen molar-refractivity contribution in [1.29, 1.82) is 0 Å². The topological polar surface area (TPSA) is 46.7 Å². The SMILES string of the molecule is C=C/C=C(\C(=C/NC)C(=C)Nc1cc(-c2ccc(N3CC[C-](CCC(=C)C)CC3)nc2)c(F)cc1N1CC(C)N(C)C(C)C1)C(F)(F)F.[W]. The number of rotatable bonds is 12. The maximum Gasteiger partial charge on any atom is 0.417 e. The first-order chi connectivity index (χ1) is 22.7. The van der Waals surface area contributed by atoms with E-state index >= 15 is 4.39 Å². The average Bonchev–Trinajstić information content (AvgIpc) is 3.04. The second kappa shape index (κ2) is 17.5. The number of pyridine rings is 1. The number of hydrogen-bond donors (Lipinski definition) is 2. The first-order valence-corrected chi connectivity index (χ1v) is 16.5. The van der Waals surface area contributed by atoms with Gasteiger partial charge in [-0.2, -0.15) is 32.4 Å². The molecule has 0 radical (unpaired) electrons. The monoisotopic (exact) mass is 849 g/mol. The molecule has 2 unspecified atom stereocenters. The van der Waals surface area contributed by atoms with Crippen molar-refractivity contribution in [2.45, 2.75) is 64.7 Å². The van der Waals surface area contributed by atoms with Gasteiger partial charge in [0.1, 0.15) is 11.6 Å². The average molecular weight is 850 g/mol. The molecular formula is C38H49F4N6W-. The first-order valence-electron chi connectivity index (χ1n) is 16.5. The minimum absolute atomic E-state index is 0. The number of hydrogen-bond acceptors (Lipinski definition) is 6. The number of aromatic nitrogens is 1. The number of alkyl halides is 3. The Balaban J connectivity index is 0.00000650. The number of halogens is 4. The molecule has 0 aliphatic carbocycles. The molecule has 2 atom stereocenters. The standard InChI is InChI=1S/C38H49F4N6.W/c1-9-10-33(38(40,41)42)32(22-43-7)28(6)45-35-19-31(34(39)20-36(35)48-23-26(4)46(8)27(5)24-48)30-13-14-37(44-21-30)47-17-15-29(16-18-47)12-11-25(2)3;/h9-10,13-14,19-22,26-27,43,45H,1-2,6,11-12,15-18,23-24H2,3-5,7-8H3;/q-1;/b32-22-,33-10+;. The van der Waals surface area contributed by atoms with E-state index < -0.39 is 17.6 Å². The van der Waals surface area contributed by atoms with Crippen LogP contribution in [0.5, 0.6) is 0 Å². The zero-order valence-electron chi connectivity index (χ0n) is 29.3. The molecule has 2 aliphatic heterocycles. The fourth-order valence-corrected chi connectivity index (χ4v) is 6.33. The third kappa shape index (κ3) is 10.1. The zero-order chi connectivity index (χ0) is 35.2. The predicted molar refractivity (Wildman–Crippen MR) is 192 cm³/mol. The van der Waals surface area contributed by atoms with E-state index in [1.807, 2.05) is 12.1 Å². The van der Waals surface area contributed by atoms with Gasteiger partial charge in [-0.15, -0.1) is 6.58 Å². The molecule has 4 rings (SSSR count). The molecule has 11 heteroatoms. The Bertz CT molecular complexity index is 1510. The summed E-state index contributed by atoms with van der Waals surface area (Å²) >= 11 is 0. The second-order valence-electron chi connectivity index (χ2n) is 13.0. The minimum atomic E-state index is -4.66. The van der Waals surface area contributed by atoms with Crippen molar-refractivity contribution >= 4 is 17.2 Å². The molecule has 6 nitrogen and oxygen atoms in total. The Hall–Kier alpha value is -3.36. The van der Waals surface area contributed by atoms with E-state index in [9.17, 15) is 13.2 Å². The Morgan fingerprint density at radius 3 is 2.27 bits per heavy atom. The maximum atomic E-state index is 16.0. The van der Waals surface area contributed by atoms with Crippen molar-refractivity contribution in [1.82, 2.24) is 15.2 Å². The van der Waals surface area contributed by atoms with Crippen LogP contribution in [-0.4, -0.2) is 68.4 Å². The van der Waals surface area contributed by atoms with E-state index in [0.29, 0.717) is 30.0 Å². The Labute approximate surface area is 304 Å². The Morgan fingerprint density at radius 1 is 1.08 bits per heavy atom. The van der Waals surface area contributed by atoms with Gasteiger partial charge in [-0.25, -0.2) is 9.37 Å². The number of nitrogens with zero attached hydrogens (tertiary/aromatic N) is 4. The van der Waals surface area contributed by atoms with Crippen molar-refractivity contribution in [3.63, 3.8) is 0 Å². The minimum Gasteiger partial charge on any atom is -0.393 e. The molecule has 2 saturated heterocycles. The van der Waals surface area contributed by atoms with Crippen molar-refractivity contribution in [2.75, 3.05) is 55.4 Å². The maximum absolute atomic E-state index is 16.0. The van der Waals surface area contributed by atoms with Crippen molar-refractivity contribution in [3.8, 4) is 11.1 Å². The predicted octanol–water partition coefficient (Wildman–Crippen LogP) is 8.65. The van der Waals surface area contributed by atoms with Crippen molar-refractivity contribution in [3.05, 3.63) is 103 Å². The molecule has 0 amide bonds. The van der Waals surface area contributed by atoms with E-state index in [-0.39, 0.29) is 50.0 Å². The van der Waals surface area contributed by atoms with Gasteiger partial charge in [-0.1, -0.05) is 31.2 Å². The largest absolute Gasteiger partial charge is 0.417 e. The van der Waals surface area contributed by atoms with Crippen molar-refractivity contribution < 1.29 is 38.6 Å². The van der Waals surface area contributed by atoms with E-state index in [1.54, 1.807) is 18.2 Å². The molecule has 0 saturated carbocycles. The zero-order valence-corrected chi connectivity index (χ0v) is 32.2. The quantitative estimate of drug-likeness (QED) is 0.0967. The number of likely N-dealkylation sites (N-methyl/N-ethyl adjacent to an activating group) is 1. The number of anilines is 3. The second-order valence-corrected chi connectivity index (χ2v) is 13.0. The van der Waals surface area contributed by atoms with Crippen LogP contribution in [0.2, 0.25) is 0 Å².